The van der Waals surface area contributed by atoms with Gasteiger partial charge < -0.3 is 10.5 Å². The molecule has 0 bridgehead atoms. The number of hydrogen-bond donors (Lipinski definition) is 1. The van der Waals surface area contributed by atoms with E-state index in [-0.39, 0.29) is 0 Å². The third-order valence-electron chi connectivity index (χ3n) is 2.55. The first-order valence-electron chi connectivity index (χ1n) is 5.18. The zero-order valence-corrected chi connectivity index (χ0v) is 9.23. The Kier molecular flexibility index (Phi) is 3.22. The molecule has 0 aromatic heterocycles. The van der Waals surface area contributed by atoms with E-state index in [1.165, 1.54) is 0 Å². The second-order valence-corrected chi connectivity index (χ2v) is 3.53. The van der Waals surface area contributed by atoms with Gasteiger partial charge in [-0.3, -0.25) is 0 Å². The van der Waals surface area contributed by atoms with Crippen LogP contribution in [0, 0.1) is 6.07 Å². The Morgan fingerprint density at radius 1 is 1.19 bits per heavy atom. The fourth-order valence-electron chi connectivity index (χ4n) is 1.64. The van der Waals surface area contributed by atoms with E-state index in [0.29, 0.717) is 6.54 Å². The van der Waals surface area contributed by atoms with Gasteiger partial charge in [-0.25, -0.2) is 0 Å². The Morgan fingerprint density at radius 2 is 1.94 bits per heavy atom. The molecule has 0 aliphatic heterocycles. The van der Waals surface area contributed by atoms with E-state index in [0.717, 1.165) is 22.4 Å². The highest BCUT2D eigenvalue weighted by Gasteiger charge is 2.03. The van der Waals surface area contributed by atoms with Gasteiger partial charge in [-0.2, -0.15) is 0 Å². The summed E-state index contributed by atoms with van der Waals surface area (Å²) < 4.78 is 5.30. The number of benzene rings is 2. The molecule has 2 nitrogen and oxygen atoms in total. The summed E-state index contributed by atoms with van der Waals surface area (Å²) in [6.45, 7) is 0.569. The molecule has 16 heavy (non-hydrogen) atoms. The quantitative estimate of drug-likeness (QED) is 0.848. The van der Waals surface area contributed by atoms with Crippen molar-refractivity contribution in [1.29, 1.82) is 0 Å². The van der Waals surface area contributed by atoms with Gasteiger partial charge in [0, 0.05) is 12.1 Å². The maximum atomic E-state index is 5.56. The molecule has 0 atom stereocenters. The molecular formula is C14H14NO. The Labute approximate surface area is 95.7 Å². The molecule has 0 aliphatic rings. The Bertz CT molecular complexity index is 462. The molecule has 81 valence electrons. The summed E-state index contributed by atoms with van der Waals surface area (Å²) in [6.07, 6.45) is 0. The van der Waals surface area contributed by atoms with Gasteiger partial charge in [0.05, 0.1) is 7.11 Å². The third kappa shape index (κ3) is 2.07. The second kappa shape index (κ2) is 4.81. The summed E-state index contributed by atoms with van der Waals surface area (Å²) in [5.74, 6) is 0.836. The predicted molar refractivity (Wildman–Crippen MR) is 65.2 cm³/mol. The lowest BCUT2D eigenvalue weighted by Crippen LogP contribution is -1.95. The maximum Gasteiger partial charge on any atom is 0.127 e. The number of methoxy groups -OCH3 is 1. The molecule has 0 amide bonds. The minimum atomic E-state index is 0.569. The van der Waals surface area contributed by atoms with Crippen molar-refractivity contribution in [3.05, 3.63) is 54.1 Å². The van der Waals surface area contributed by atoms with Crippen LogP contribution in [0.1, 0.15) is 5.56 Å². The molecule has 0 unspecified atom stereocenters. The summed E-state index contributed by atoms with van der Waals surface area (Å²) in [4.78, 5) is 0. The largest absolute Gasteiger partial charge is 0.496 e. The molecule has 0 heterocycles. The van der Waals surface area contributed by atoms with Crippen molar-refractivity contribution in [2.24, 2.45) is 5.73 Å². The van der Waals surface area contributed by atoms with E-state index in [9.17, 15) is 0 Å². The molecule has 2 aromatic carbocycles. The van der Waals surface area contributed by atoms with Crippen LogP contribution < -0.4 is 10.5 Å². The van der Waals surface area contributed by atoms with E-state index >= 15 is 0 Å². The fourth-order valence-corrected chi connectivity index (χ4v) is 1.64. The van der Waals surface area contributed by atoms with Gasteiger partial charge in [-0.15, -0.1) is 0 Å². The summed E-state index contributed by atoms with van der Waals surface area (Å²) in [5.41, 5.74) is 8.90. The van der Waals surface area contributed by atoms with Crippen LogP contribution in [0.25, 0.3) is 11.1 Å². The second-order valence-electron chi connectivity index (χ2n) is 3.53. The first kappa shape index (κ1) is 10.7. The van der Waals surface area contributed by atoms with Crippen LogP contribution in [0.5, 0.6) is 5.75 Å². The molecule has 0 fully saturated rings. The number of ether oxygens (including phenoxy) is 1. The van der Waals surface area contributed by atoms with Crippen LogP contribution in [0.2, 0.25) is 0 Å². The van der Waals surface area contributed by atoms with Crippen LogP contribution in [-0.4, -0.2) is 7.11 Å². The molecule has 2 heteroatoms. The Hall–Kier alpha value is -1.80. The number of hydrogen-bond acceptors (Lipinski definition) is 2. The van der Waals surface area contributed by atoms with Gasteiger partial charge in [-0.05, 0) is 23.3 Å². The van der Waals surface area contributed by atoms with Crippen molar-refractivity contribution in [2.75, 3.05) is 7.11 Å². The molecule has 2 aromatic rings. The maximum absolute atomic E-state index is 5.56. The van der Waals surface area contributed by atoms with Crippen LogP contribution >= 0.6 is 0 Å². The highest BCUT2D eigenvalue weighted by atomic mass is 16.5. The zero-order valence-electron chi connectivity index (χ0n) is 9.23. The molecule has 0 saturated heterocycles. The molecule has 1 radical (unpaired) electrons. The van der Waals surface area contributed by atoms with E-state index in [2.05, 4.69) is 18.2 Å². The molecule has 2 N–H and O–H groups in total. The lowest BCUT2D eigenvalue weighted by atomic mass is 10.0. The van der Waals surface area contributed by atoms with Crippen molar-refractivity contribution in [3.63, 3.8) is 0 Å². The summed E-state index contributed by atoms with van der Waals surface area (Å²) in [6, 6.07) is 16.9. The molecule has 0 spiro atoms. The SMILES string of the molecule is COc1c[c]ccc1-c1ccc(CN)cc1. The highest BCUT2D eigenvalue weighted by molar-refractivity contribution is 5.70. The van der Waals surface area contributed by atoms with Gasteiger partial charge in [-0.1, -0.05) is 36.4 Å². The predicted octanol–water partition coefficient (Wildman–Crippen LogP) is 2.62. The number of nitrogens with two attached hydrogens (primary N) is 1. The van der Waals surface area contributed by atoms with Gasteiger partial charge in [0.2, 0.25) is 0 Å². The first-order chi connectivity index (χ1) is 7.85. The number of rotatable bonds is 3. The highest BCUT2D eigenvalue weighted by Crippen LogP contribution is 2.29. The average Bonchev–Trinajstić information content (AvgIpc) is 2.39. The van der Waals surface area contributed by atoms with Crippen LogP contribution in [0.15, 0.2) is 42.5 Å². The smallest absolute Gasteiger partial charge is 0.127 e. The van der Waals surface area contributed by atoms with Crippen molar-refractivity contribution < 1.29 is 4.74 Å². The van der Waals surface area contributed by atoms with Crippen molar-refractivity contribution in [3.8, 4) is 16.9 Å². The van der Waals surface area contributed by atoms with Gasteiger partial charge in [0.15, 0.2) is 0 Å². The van der Waals surface area contributed by atoms with Gasteiger partial charge >= 0.3 is 0 Å². The van der Waals surface area contributed by atoms with Crippen molar-refractivity contribution in [1.82, 2.24) is 0 Å². The van der Waals surface area contributed by atoms with Gasteiger partial charge in [0.25, 0.3) is 0 Å². The minimum absolute atomic E-state index is 0.569. The molecule has 0 aliphatic carbocycles. The van der Waals surface area contributed by atoms with Crippen LogP contribution in [0.3, 0.4) is 0 Å². The summed E-state index contributed by atoms with van der Waals surface area (Å²) in [7, 11) is 1.67. The normalized spacial score (nSPS) is 10.1. The topological polar surface area (TPSA) is 35.2 Å². The fraction of sp³-hybridized carbons (Fsp3) is 0.143. The van der Waals surface area contributed by atoms with Gasteiger partial charge in [0.1, 0.15) is 5.75 Å². The first-order valence-corrected chi connectivity index (χ1v) is 5.18. The third-order valence-corrected chi connectivity index (χ3v) is 2.55. The van der Waals surface area contributed by atoms with Crippen molar-refractivity contribution in [2.45, 2.75) is 6.54 Å². The molecular weight excluding hydrogens is 198 g/mol. The van der Waals surface area contributed by atoms with E-state index in [4.69, 9.17) is 10.5 Å². The Balaban J connectivity index is 2.42. The zero-order chi connectivity index (χ0) is 11.4. The summed E-state index contributed by atoms with van der Waals surface area (Å²) >= 11 is 0. The lowest BCUT2D eigenvalue weighted by molar-refractivity contribution is 0.416. The summed E-state index contributed by atoms with van der Waals surface area (Å²) in [5, 5.41) is 0. The van der Waals surface area contributed by atoms with E-state index in [1.54, 1.807) is 7.11 Å². The van der Waals surface area contributed by atoms with Crippen LogP contribution in [0.4, 0.5) is 0 Å². The Morgan fingerprint density at radius 3 is 2.56 bits per heavy atom. The minimum Gasteiger partial charge on any atom is -0.496 e. The molecule has 2 rings (SSSR count). The van der Waals surface area contributed by atoms with E-state index < -0.39 is 0 Å². The van der Waals surface area contributed by atoms with Crippen LogP contribution in [-0.2, 0) is 6.54 Å². The average molecular weight is 212 g/mol. The molecule has 0 saturated carbocycles. The van der Waals surface area contributed by atoms with E-state index in [1.807, 2.05) is 30.3 Å². The lowest BCUT2D eigenvalue weighted by Gasteiger charge is -2.08. The standard InChI is InChI=1S/C14H14NO/c1-16-14-5-3-2-4-13(14)12-8-6-11(10-15)7-9-12/h2,4-9H,10,15H2,1H3. The van der Waals surface area contributed by atoms with Crippen molar-refractivity contribution >= 4 is 0 Å². The monoisotopic (exact) mass is 212 g/mol.